The fourth-order valence-corrected chi connectivity index (χ4v) is 6.16. The lowest BCUT2D eigenvalue weighted by molar-refractivity contribution is 0.0779. The number of fused-ring (bicyclic) bond motifs is 2. The molecule has 3 aromatic carbocycles. The van der Waals surface area contributed by atoms with Crippen LogP contribution in [-0.4, -0.2) is 55.5 Å². The predicted molar refractivity (Wildman–Crippen MR) is 152 cm³/mol. The van der Waals surface area contributed by atoms with Gasteiger partial charge in [-0.15, -0.1) is 0 Å². The second-order valence-corrected chi connectivity index (χ2v) is 11.5. The molecule has 0 aliphatic carbocycles. The maximum atomic E-state index is 13.1. The molecule has 1 amide bonds. The van der Waals surface area contributed by atoms with Gasteiger partial charge in [-0.1, -0.05) is 65.1 Å². The van der Waals surface area contributed by atoms with E-state index in [2.05, 4.69) is 23.1 Å². The van der Waals surface area contributed by atoms with E-state index in [-0.39, 0.29) is 17.2 Å². The van der Waals surface area contributed by atoms with Crippen LogP contribution in [0.25, 0.3) is 0 Å². The molecule has 2 aliphatic heterocycles. The van der Waals surface area contributed by atoms with Crippen LogP contribution in [0.4, 0.5) is 0 Å². The number of nitrogens with zero attached hydrogens (tertiary/aromatic N) is 2. The highest BCUT2D eigenvalue weighted by Crippen LogP contribution is 2.45. The molecule has 1 spiro atoms. The fourth-order valence-electron chi connectivity index (χ4n) is 5.67. The number of benzene rings is 3. The Kier molecular flexibility index (Phi) is 8.02. The summed E-state index contributed by atoms with van der Waals surface area (Å²) in [6.45, 7) is 4.36. The topological polar surface area (TPSA) is 32.8 Å². The molecule has 0 N–H and O–H groups in total. The van der Waals surface area contributed by atoms with Gasteiger partial charge in [-0.05, 0) is 80.9 Å². The molecular formula is C30H31Cl3N2O2. The summed E-state index contributed by atoms with van der Waals surface area (Å²) in [6.07, 6.45) is 3.09. The molecule has 2 heterocycles. The molecule has 4 nitrogen and oxygen atoms in total. The number of piperidine rings is 1. The zero-order chi connectivity index (χ0) is 26.0. The Bertz CT molecular complexity index is 1270. The second-order valence-electron chi connectivity index (χ2n) is 10.3. The third kappa shape index (κ3) is 5.78. The summed E-state index contributed by atoms with van der Waals surface area (Å²) < 4.78 is 6.03. The summed E-state index contributed by atoms with van der Waals surface area (Å²) in [4.78, 5) is 17.4. The number of hydrogen-bond donors (Lipinski definition) is 0. The number of carbonyl (C=O) groups is 1. The van der Waals surface area contributed by atoms with Gasteiger partial charge in [0, 0.05) is 41.1 Å². The molecule has 1 atom stereocenters. The number of ether oxygens (including phenoxy) is 1. The van der Waals surface area contributed by atoms with Crippen LogP contribution in [-0.2, 0) is 5.41 Å². The highest BCUT2D eigenvalue weighted by Gasteiger charge is 2.42. The average Bonchev–Trinajstić information content (AvgIpc) is 3.26. The van der Waals surface area contributed by atoms with E-state index < -0.39 is 0 Å². The van der Waals surface area contributed by atoms with E-state index >= 15 is 0 Å². The number of rotatable bonds is 7. The fraction of sp³-hybridized carbons (Fsp3) is 0.367. The molecule has 1 saturated heterocycles. The van der Waals surface area contributed by atoms with Gasteiger partial charge in [-0.2, -0.15) is 0 Å². The standard InChI is InChI=1S/C30H31Cl3N2O2/c1-34(29(36)22-5-4-6-24(31)17-22)19-23(21-9-10-26(32)27(33)18-21)11-14-35-15-12-30(13-16-35)20-37-28-8-3-2-7-25(28)30/h2-10,17-18,23H,11-16,19-20H2,1H3/t23-/m1/s1. The van der Waals surface area contributed by atoms with Crippen LogP contribution in [0.3, 0.4) is 0 Å². The van der Waals surface area contributed by atoms with Crippen molar-refractivity contribution in [3.8, 4) is 5.75 Å². The first kappa shape index (κ1) is 26.4. The molecule has 0 unspecified atom stereocenters. The molecule has 0 saturated carbocycles. The molecule has 0 bridgehead atoms. The Balaban J connectivity index is 1.26. The third-order valence-electron chi connectivity index (χ3n) is 7.90. The SMILES string of the molecule is CN(C[C@@H](CCN1CCC2(CC1)COc1ccccc12)c1ccc(Cl)c(Cl)c1)C(=O)c1cccc(Cl)c1. The van der Waals surface area contributed by atoms with E-state index in [0.717, 1.165) is 56.8 Å². The first-order valence-corrected chi connectivity index (χ1v) is 13.9. The summed E-state index contributed by atoms with van der Waals surface area (Å²) in [5, 5.41) is 1.62. The Labute approximate surface area is 234 Å². The molecule has 194 valence electrons. The normalized spacial score (nSPS) is 17.3. The smallest absolute Gasteiger partial charge is 0.253 e. The molecule has 1 fully saturated rings. The molecule has 2 aliphatic rings. The monoisotopic (exact) mass is 556 g/mol. The quantitative estimate of drug-likeness (QED) is 0.305. The highest BCUT2D eigenvalue weighted by atomic mass is 35.5. The lowest BCUT2D eigenvalue weighted by Crippen LogP contribution is -2.44. The number of para-hydroxylation sites is 1. The number of likely N-dealkylation sites (tertiary alicyclic amines) is 1. The molecule has 0 aromatic heterocycles. The minimum Gasteiger partial charge on any atom is -0.492 e. The Hall–Kier alpha value is -2.24. The number of likely N-dealkylation sites (N-methyl/N-ethyl adjacent to an activating group) is 1. The Morgan fingerprint density at radius 2 is 1.78 bits per heavy atom. The van der Waals surface area contributed by atoms with Gasteiger partial charge < -0.3 is 14.5 Å². The zero-order valence-corrected chi connectivity index (χ0v) is 23.2. The molecule has 7 heteroatoms. The van der Waals surface area contributed by atoms with Gasteiger partial charge in [-0.25, -0.2) is 0 Å². The Morgan fingerprint density at radius 1 is 1.00 bits per heavy atom. The number of amides is 1. The van der Waals surface area contributed by atoms with Crippen molar-refractivity contribution in [2.45, 2.75) is 30.6 Å². The van der Waals surface area contributed by atoms with E-state index in [0.29, 0.717) is 27.2 Å². The van der Waals surface area contributed by atoms with Gasteiger partial charge in [0.25, 0.3) is 5.91 Å². The first-order valence-electron chi connectivity index (χ1n) is 12.8. The van der Waals surface area contributed by atoms with Gasteiger partial charge in [-0.3, -0.25) is 4.79 Å². The van der Waals surface area contributed by atoms with Gasteiger partial charge in [0.1, 0.15) is 5.75 Å². The van der Waals surface area contributed by atoms with Crippen LogP contribution in [0.2, 0.25) is 15.1 Å². The summed E-state index contributed by atoms with van der Waals surface area (Å²) >= 11 is 18.7. The van der Waals surface area contributed by atoms with Crippen molar-refractivity contribution in [1.29, 1.82) is 0 Å². The maximum Gasteiger partial charge on any atom is 0.253 e. The van der Waals surface area contributed by atoms with Crippen molar-refractivity contribution in [3.05, 3.63) is 98.5 Å². The van der Waals surface area contributed by atoms with Gasteiger partial charge >= 0.3 is 0 Å². The largest absolute Gasteiger partial charge is 0.492 e. The number of halogens is 3. The molecular weight excluding hydrogens is 527 g/mol. The lowest BCUT2D eigenvalue weighted by atomic mass is 9.74. The molecule has 37 heavy (non-hydrogen) atoms. The van der Waals surface area contributed by atoms with Crippen molar-refractivity contribution >= 4 is 40.7 Å². The van der Waals surface area contributed by atoms with Gasteiger partial charge in [0.15, 0.2) is 0 Å². The average molecular weight is 558 g/mol. The van der Waals surface area contributed by atoms with E-state index in [4.69, 9.17) is 39.5 Å². The van der Waals surface area contributed by atoms with E-state index in [1.807, 2.05) is 31.3 Å². The summed E-state index contributed by atoms with van der Waals surface area (Å²) in [5.74, 6) is 1.12. The highest BCUT2D eigenvalue weighted by molar-refractivity contribution is 6.42. The van der Waals surface area contributed by atoms with Crippen molar-refractivity contribution in [2.75, 3.05) is 39.8 Å². The van der Waals surface area contributed by atoms with Crippen LogP contribution in [0.15, 0.2) is 66.7 Å². The minimum absolute atomic E-state index is 0.0487. The van der Waals surface area contributed by atoms with Crippen LogP contribution < -0.4 is 4.74 Å². The van der Waals surface area contributed by atoms with Crippen molar-refractivity contribution in [3.63, 3.8) is 0 Å². The van der Waals surface area contributed by atoms with Crippen molar-refractivity contribution in [1.82, 2.24) is 9.80 Å². The van der Waals surface area contributed by atoms with E-state index in [1.165, 1.54) is 5.56 Å². The van der Waals surface area contributed by atoms with Crippen LogP contribution >= 0.6 is 34.8 Å². The van der Waals surface area contributed by atoms with E-state index in [1.54, 1.807) is 29.2 Å². The Morgan fingerprint density at radius 3 is 2.54 bits per heavy atom. The van der Waals surface area contributed by atoms with Gasteiger partial charge in [0.2, 0.25) is 0 Å². The summed E-state index contributed by atoms with van der Waals surface area (Å²) in [6, 6.07) is 21.4. The second kappa shape index (κ2) is 11.2. The molecule has 3 aromatic rings. The van der Waals surface area contributed by atoms with E-state index in [9.17, 15) is 4.79 Å². The van der Waals surface area contributed by atoms with Crippen molar-refractivity contribution < 1.29 is 9.53 Å². The summed E-state index contributed by atoms with van der Waals surface area (Å²) in [5.41, 5.74) is 3.18. The number of carbonyl (C=O) groups excluding carboxylic acids is 1. The van der Waals surface area contributed by atoms with Crippen molar-refractivity contribution in [2.24, 2.45) is 0 Å². The van der Waals surface area contributed by atoms with Crippen LogP contribution in [0, 0.1) is 0 Å². The maximum absolute atomic E-state index is 13.1. The molecule has 5 rings (SSSR count). The number of hydrogen-bond acceptors (Lipinski definition) is 3. The molecule has 0 radical (unpaired) electrons. The van der Waals surface area contributed by atoms with Crippen LogP contribution in [0.1, 0.15) is 46.7 Å². The zero-order valence-electron chi connectivity index (χ0n) is 20.9. The summed E-state index contributed by atoms with van der Waals surface area (Å²) in [7, 11) is 1.84. The predicted octanol–water partition coefficient (Wildman–Crippen LogP) is 7.32. The third-order valence-corrected chi connectivity index (χ3v) is 8.87. The van der Waals surface area contributed by atoms with Crippen LogP contribution in [0.5, 0.6) is 5.75 Å². The minimum atomic E-state index is -0.0487. The van der Waals surface area contributed by atoms with Gasteiger partial charge in [0.05, 0.1) is 16.7 Å². The first-order chi connectivity index (χ1) is 17.8. The lowest BCUT2D eigenvalue weighted by Gasteiger charge is -2.39.